The van der Waals surface area contributed by atoms with E-state index >= 15 is 0 Å². The van der Waals surface area contributed by atoms with Crippen LogP contribution in [-0.2, 0) is 4.79 Å². The van der Waals surface area contributed by atoms with E-state index in [1.54, 1.807) is 13.0 Å². The van der Waals surface area contributed by atoms with Crippen LogP contribution in [0, 0.1) is 6.92 Å². The number of aliphatic hydroxyl groups excluding tert-OH is 1. The van der Waals surface area contributed by atoms with Crippen molar-refractivity contribution < 1.29 is 9.90 Å². The molecule has 3 heteroatoms. The van der Waals surface area contributed by atoms with E-state index in [1.165, 1.54) is 0 Å². The molecule has 0 aliphatic heterocycles. The maximum Gasteiger partial charge on any atom is 0.243 e. The molecular formula is C15H21NO2. The summed E-state index contributed by atoms with van der Waals surface area (Å²) in [6.07, 6.45) is 4.57. The Bertz CT molecular complexity index is 411. The van der Waals surface area contributed by atoms with Gasteiger partial charge in [0, 0.05) is 12.6 Å². The van der Waals surface area contributed by atoms with Crippen LogP contribution in [0.4, 0.5) is 0 Å². The number of carbonyl (C=O) groups excluding carboxylic acids is 1. The molecule has 1 aromatic carbocycles. The quantitative estimate of drug-likeness (QED) is 0.598. The van der Waals surface area contributed by atoms with Gasteiger partial charge in [-0.1, -0.05) is 24.3 Å². The minimum atomic E-state index is -0.301. The molecule has 0 radical (unpaired) electrons. The van der Waals surface area contributed by atoms with Crippen LogP contribution < -0.4 is 5.32 Å². The normalized spacial score (nSPS) is 12.6. The molecule has 98 valence electrons. The summed E-state index contributed by atoms with van der Waals surface area (Å²) in [5.41, 5.74) is 2.20. The van der Waals surface area contributed by atoms with Crippen LogP contribution in [0.25, 0.3) is 6.08 Å². The highest BCUT2D eigenvalue weighted by Crippen LogP contribution is 2.08. The highest BCUT2D eigenvalue weighted by Gasteiger charge is 1.98. The first-order chi connectivity index (χ1) is 8.59. The number of hydrogen-bond donors (Lipinski definition) is 2. The summed E-state index contributed by atoms with van der Waals surface area (Å²) in [4.78, 5) is 11.5. The number of aryl methyl sites for hydroxylation is 1. The molecule has 0 heterocycles. The maximum absolute atomic E-state index is 11.5. The van der Waals surface area contributed by atoms with Gasteiger partial charge in [-0.15, -0.1) is 0 Å². The summed E-state index contributed by atoms with van der Waals surface area (Å²) in [7, 11) is 0. The van der Waals surface area contributed by atoms with Crippen molar-refractivity contribution in [1.82, 2.24) is 5.32 Å². The molecule has 0 aliphatic rings. The summed E-state index contributed by atoms with van der Waals surface area (Å²) in [6.45, 7) is 4.36. The van der Waals surface area contributed by atoms with Crippen LogP contribution in [0.15, 0.2) is 30.3 Å². The Morgan fingerprint density at radius 2 is 2.17 bits per heavy atom. The lowest BCUT2D eigenvalue weighted by Crippen LogP contribution is -2.22. The lowest BCUT2D eigenvalue weighted by Gasteiger charge is -2.04. The molecule has 1 unspecified atom stereocenters. The van der Waals surface area contributed by atoms with Crippen molar-refractivity contribution in [2.24, 2.45) is 0 Å². The Labute approximate surface area is 109 Å². The molecule has 1 atom stereocenters. The van der Waals surface area contributed by atoms with Crippen LogP contribution in [-0.4, -0.2) is 23.7 Å². The molecular weight excluding hydrogens is 226 g/mol. The summed E-state index contributed by atoms with van der Waals surface area (Å²) in [6, 6.07) is 7.92. The number of amides is 1. The molecule has 2 N–H and O–H groups in total. The summed E-state index contributed by atoms with van der Waals surface area (Å²) in [5, 5.41) is 11.9. The minimum Gasteiger partial charge on any atom is -0.393 e. The van der Waals surface area contributed by atoms with Gasteiger partial charge in [-0.25, -0.2) is 0 Å². The molecule has 0 spiro atoms. The lowest BCUT2D eigenvalue weighted by molar-refractivity contribution is -0.116. The van der Waals surface area contributed by atoms with E-state index in [9.17, 15) is 4.79 Å². The smallest absolute Gasteiger partial charge is 0.243 e. The van der Waals surface area contributed by atoms with Crippen molar-refractivity contribution in [3.8, 4) is 0 Å². The lowest BCUT2D eigenvalue weighted by atomic mass is 10.1. The zero-order chi connectivity index (χ0) is 13.4. The van der Waals surface area contributed by atoms with Gasteiger partial charge in [0.1, 0.15) is 0 Å². The number of nitrogens with one attached hydrogen (secondary N) is 1. The van der Waals surface area contributed by atoms with Gasteiger partial charge in [-0.05, 0) is 43.9 Å². The van der Waals surface area contributed by atoms with Crippen LogP contribution in [0.1, 0.15) is 30.9 Å². The number of benzene rings is 1. The van der Waals surface area contributed by atoms with E-state index in [-0.39, 0.29) is 12.0 Å². The van der Waals surface area contributed by atoms with Crippen molar-refractivity contribution in [3.63, 3.8) is 0 Å². The van der Waals surface area contributed by atoms with Crippen molar-refractivity contribution in [1.29, 1.82) is 0 Å². The molecule has 3 nitrogen and oxygen atoms in total. The molecule has 0 saturated carbocycles. The molecule has 0 aromatic heterocycles. The summed E-state index contributed by atoms with van der Waals surface area (Å²) >= 11 is 0. The Balaban J connectivity index is 2.34. The van der Waals surface area contributed by atoms with Crippen LogP contribution in [0.2, 0.25) is 0 Å². The van der Waals surface area contributed by atoms with E-state index in [2.05, 4.69) is 5.32 Å². The second-order valence-corrected chi connectivity index (χ2v) is 4.47. The Hall–Kier alpha value is -1.61. The molecule has 1 amide bonds. The monoisotopic (exact) mass is 247 g/mol. The van der Waals surface area contributed by atoms with Gasteiger partial charge >= 0.3 is 0 Å². The molecule has 0 fully saturated rings. The van der Waals surface area contributed by atoms with E-state index in [0.717, 1.165) is 17.5 Å². The van der Waals surface area contributed by atoms with E-state index < -0.39 is 0 Å². The van der Waals surface area contributed by atoms with Crippen molar-refractivity contribution >= 4 is 12.0 Å². The van der Waals surface area contributed by atoms with Crippen LogP contribution in [0.3, 0.4) is 0 Å². The standard InChI is InChI=1S/C15H21NO2/c1-12-6-3-4-8-14(12)9-10-15(18)16-11-5-7-13(2)17/h3-4,6,8-10,13,17H,5,7,11H2,1-2H3,(H,16,18)/b10-9+. The van der Waals surface area contributed by atoms with Gasteiger partial charge in [0.2, 0.25) is 5.91 Å². The fourth-order valence-electron chi connectivity index (χ4n) is 1.61. The molecule has 1 aromatic rings. The number of carbonyl (C=O) groups is 1. The largest absolute Gasteiger partial charge is 0.393 e. The maximum atomic E-state index is 11.5. The average molecular weight is 247 g/mol. The third kappa shape index (κ3) is 5.64. The van der Waals surface area contributed by atoms with Crippen molar-refractivity contribution in [2.75, 3.05) is 6.54 Å². The van der Waals surface area contributed by atoms with Gasteiger partial charge in [0.05, 0.1) is 6.10 Å². The van der Waals surface area contributed by atoms with Gasteiger partial charge in [0.15, 0.2) is 0 Å². The Kier molecular flexibility index (Phi) is 6.15. The van der Waals surface area contributed by atoms with Crippen molar-refractivity contribution in [2.45, 2.75) is 32.8 Å². The second-order valence-electron chi connectivity index (χ2n) is 4.47. The second kappa shape index (κ2) is 7.67. The van der Waals surface area contributed by atoms with E-state index in [0.29, 0.717) is 13.0 Å². The number of hydrogen-bond acceptors (Lipinski definition) is 2. The minimum absolute atomic E-state index is 0.0937. The predicted octanol–water partition coefficient (Wildman–Crippen LogP) is 2.29. The number of aliphatic hydroxyl groups is 1. The Morgan fingerprint density at radius 3 is 2.83 bits per heavy atom. The van der Waals surface area contributed by atoms with Gasteiger partial charge in [0.25, 0.3) is 0 Å². The fourth-order valence-corrected chi connectivity index (χ4v) is 1.61. The Morgan fingerprint density at radius 1 is 1.44 bits per heavy atom. The molecule has 18 heavy (non-hydrogen) atoms. The van der Waals surface area contributed by atoms with Gasteiger partial charge in [-0.3, -0.25) is 4.79 Å². The molecule has 0 aliphatic carbocycles. The zero-order valence-electron chi connectivity index (χ0n) is 11.0. The van der Waals surface area contributed by atoms with E-state index in [4.69, 9.17) is 5.11 Å². The highest BCUT2D eigenvalue weighted by molar-refractivity contribution is 5.91. The molecule has 1 rings (SSSR count). The average Bonchev–Trinajstić information content (AvgIpc) is 2.33. The van der Waals surface area contributed by atoms with Crippen LogP contribution in [0.5, 0.6) is 0 Å². The predicted molar refractivity (Wildman–Crippen MR) is 74.1 cm³/mol. The first kappa shape index (κ1) is 14.5. The summed E-state index contributed by atoms with van der Waals surface area (Å²) < 4.78 is 0. The highest BCUT2D eigenvalue weighted by atomic mass is 16.3. The first-order valence-electron chi connectivity index (χ1n) is 6.29. The summed E-state index contributed by atoms with van der Waals surface area (Å²) in [5.74, 6) is -0.0937. The third-order valence-electron chi connectivity index (χ3n) is 2.70. The fraction of sp³-hybridized carbons (Fsp3) is 0.400. The zero-order valence-corrected chi connectivity index (χ0v) is 11.0. The molecule has 0 bridgehead atoms. The third-order valence-corrected chi connectivity index (χ3v) is 2.70. The first-order valence-corrected chi connectivity index (χ1v) is 6.29. The van der Waals surface area contributed by atoms with Crippen molar-refractivity contribution in [3.05, 3.63) is 41.5 Å². The number of rotatable bonds is 6. The topological polar surface area (TPSA) is 49.3 Å². The van der Waals surface area contributed by atoms with E-state index in [1.807, 2.05) is 37.3 Å². The van der Waals surface area contributed by atoms with Crippen LogP contribution >= 0.6 is 0 Å². The molecule has 0 saturated heterocycles. The van der Waals surface area contributed by atoms with Gasteiger partial charge in [-0.2, -0.15) is 0 Å². The van der Waals surface area contributed by atoms with Gasteiger partial charge < -0.3 is 10.4 Å². The SMILES string of the molecule is Cc1ccccc1/C=C/C(=O)NCCCC(C)O.